The second-order valence-electron chi connectivity index (χ2n) is 8.36. The molecule has 6 heteroatoms. The fourth-order valence-corrected chi connectivity index (χ4v) is 5.44. The Morgan fingerprint density at radius 3 is 2.42 bits per heavy atom. The van der Waals surface area contributed by atoms with Crippen LogP contribution in [0.25, 0.3) is 21.7 Å². The molecule has 5 aromatic rings. The number of amides is 1. The van der Waals surface area contributed by atoms with E-state index in [-0.39, 0.29) is 11.5 Å². The maximum atomic E-state index is 14.4. The zero-order chi connectivity index (χ0) is 22.3. The van der Waals surface area contributed by atoms with Crippen LogP contribution in [0.15, 0.2) is 88.1 Å². The third-order valence-corrected chi connectivity index (χ3v) is 6.73. The highest BCUT2D eigenvalue weighted by Crippen LogP contribution is 2.56. The Kier molecular flexibility index (Phi) is 3.34. The van der Waals surface area contributed by atoms with Gasteiger partial charge in [0.05, 0.1) is 11.3 Å². The van der Waals surface area contributed by atoms with Gasteiger partial charge in [-0.05, 0) is 41.1 Å². The molecule has 0 aliphatic carbocycles. The quantitative estimate of drug-likeness (QED) is 0.319. The predicted molar refractivity (Wildman–Crippen MR) is 125 cm³/mol. The molecule has 0 bridgehead atoms. The van der Waals surface area contributed by atoms with E-state index in [0.717, 1.165) is 10.8 Å². The Balaban J connectivity index is 1.75. The molecule has 2 aliphatic rings. The highest BCUT2D eigenvalue weighted by Gasteiger charge is 2.57. The molecule has 2 N–H and O–H groups in total. The molecule has 158 valence electrons. The number of carbonyl (C=O) groups is 1. The molecule has 1 atom stereocenters. The highest BCUT2D eigenvalue weighted by atomic mass is 19.1. The van der Waals surface area contributed by atoms with Crippen LogP contribution in [0.3, 0.4) is 0 Å². The van der Waals surface area contributed by atoms with Gasteiger partial charge >= 0.3 is 5.63 Å². The van der Waals surface area contributed by atoms with Gasteiger partial charge in [0.15, 0.2) is 0 Å². The van der Waals surface area contributed by atoms with E-state index in [1.807, 2.05) is 48.5 Å². The van der Waals surface area contributed by atoms with Gasteiger partial charge in [-0.3, -0.25) is 4.79 Å². The van der Waals surface area contributed by atoms with E-state index in [0.29, 0.717) is 39.2 Å². The average Bonchev–Trinajstić information content (AvgIpc) is 3.11. The van der Waals surface area contributed by atoms with Crippen molar-refractivity contribution in [2.75, 3.05) is 10.6 Å². The van der Waals surface area contributed by atoms with Gasteiger partial charge in [0, 0.05) is 27.9 Å². The van der Waals surface area contributed by atoms with Gasteiger partial charge in [0.1, 0.15) is 16.8 Å². The Hall–Kier alpha value is -4.45. The van der Waals surface area contributed by atoms with E-state index in [4.69, 9.17) is 4.42 Å². The molecule has 4 aromatic carbocycles. The number of fused-ring (bicyclic) bond motifs is 10. The third-order valence-electron chi connectivity index (χ3n) is 6.73. The number of benzene rings is 4. The lowest BCUT2D eigenvalue weighted by Gasteiger charge is -2.36. The van der Waals surface area contributed by atoms with E-state index in [1.165, 1.54) is 12.1 Å². The second kappa shape index (κ2) is 6.07. The first-order valence-electron chi connectivity index (χ1n) is 10.6. The highest BCUT2D eigenvalue weighted by molar-refractivity contribution is 6.19. The number of anilines is 3. The summed E-state index contributed by atoms with van der Waals surface area (Å²) in [5.74, 6) is -0.810. The van der Waals surface area contributed by atoms with Crippen LogP contribution in [-0.4, -0.2) is 5.91 Å². The Bertz CT molecular complexity index is 1740. The number of hydrogen-bond acceptors (Lipinski definition) is 4. The van der Waals surface area contributed by atoms with Gasteiger partial charge in [-0.1, -0.05) is 48.5 Å². The molecule has 5 nitrogen and oxygen atoms in total. The maximum absolute atomic E-state index is 14.4. The Labute approximate surface area is 186 Å². The van der Waals surface area contributed by atoms with Crippen LogP contribution in [0.5, 0.6) is 0 Å². The Morgan fingerprint density at radius 2 is 1.55 bits per heavy atom. The summed E-state index contributed by atoms with van der Waals surface area (Å²) in [6, 6.07) is 22.9. The lowest BCUT2D eigenvalue weighted by Crippen LogP contribution is -2.44. The van der Waals surface area contributed by atoms with Gasteiger partial charge < -0.3 is 15.1 Å². The number of hydrogen-bond donors (Lipinski definition) is 2. The topological polar surface area (TPSA) is 71.3 Å². The number of para-hydroxylation sites is 1. The normalized spacial score (nSPS) is 18.0. The number of rotatable bonds is 0. The largest absolute Gasteiger partial charge is 0.422 e. The van der Waals surface area contributed by atoms with Crippen molar-refractivity contribution in [3.05, 3.63) is 112 Å². The fraction of sp³-hybridized carbons (Fsp3) is 0.0370. The van der Waals surface area contributed by atoms with Gasteiger partial charge in [-0.15, -0.1) is 0 Å². The minimum absolute atomic E-state index is 0.202. The fourth-order valence-electron chi connectivity index (χ4n) is 5.44. The van der Waals surface area contributed by atoms with Crippen LogP contribution in [0.1, 0.15) is 16.7 Å². The summed E-state index contributed by atoms with van der Waals surface area (Å²) in [5.41, 5.74) is 1.18. The van der Waals surface area contributed by atoms with Gasteiger partial charge in [-0.25, -0.2) is 9.18 Å². The van der Waals surface area contributed by atoms with Gasteiger partial charge in [-0.2, -0.15) is 0 Å². The van der Waals surface area contributed by atoms with Crippen LogP contribution in [0, 0.1) is 5.82 Å². The summed E-state index contributed by atoms with van der Waals surface area (Å²) < 4.78 is 20.1. The number of carbonyl (C=O) groups excluding carboxylic acids is 1. The molecule has 33 heavy (non-hydrogen) atoms. The van der Waals surface area contributed by atoms with Crippen molar-refractivity contribution in [1.82, 2.24) is 0 Å². The summed E-state index contributed by atoms with van der Waals surface area (Å²) in [6.07, 6.45) is 0. The molecule has 1 unspecified atom stereocenters. The third kappa shape index (κ3) is 2.15. The van der Waals surface area contributed by atoms with E-state index in [2.05, 4.69) is 10.6 Å². The standard InChI is InChI=1S/C27H15FN2O3/c28-15-10-11-18-20(13-15)29-24-17-7-3-4-8-21(17)33-25(31)23(24)27(18)22-16-6-2-1-5-14(16)9-12-19(22)30-26(27)32/h1-13,29H,(H,30,32). The van der Waals surface area contributed by atoms with Gasteiger partial charge in [0.25, 0.3) is 0 Å². The molecule has 1 spiro atoms. The SMILES string of the molecule is O=C1Nc2ccc3ccccc3c2C12c1ccc(F)cc1Nc1c2c(=O)oc2ccccc12. The first kappa shape index (κ1) is 18.2. The van der Waals surface area contributed by atoms with Crippen molar-refractivity contribution in [1.29, 1.82) is 0 Å². The van der Waals surface area contributed by atoms with Crippen LogP contribution in [-0.2, 0) is 10.2 Å². The van der Waals surface area contributed by atoms with Crippen molar-refractivity contribution in [3.8, 4) is 0 Å². The zero-order valence-corrected chi connectivity index (χ0v) is 17.1. The molecular formula is C27H15FN2O3. The molecular weight excluding hydrogens is 419 g/mol. The van der Waals surface area contributed by atoms with Crippen molar-refractivity contribution < 1.29 is 13.6 Å². The van der Waals surface area contributed by atoms with E-state index in [9.17, 15) is 14.0 Å². The summed E-state index contributed by atoms with van der Waals surface area (Å²) >= 11 is 0. The van der Waals surface area contributed by atoms with Crippen molar-refractivity contribution in [3.63, 3.8) is 0 Å². The molecule has 3 heterocycles. The van der Waals surface area contributed by atoms with E-state index >= 15 is 0 Å². The van der Waals surface area contributed by atoms with Crippen LogP contribution >= 0.6 is 0 Å². The Morgan fingerprint density at radius 1 is 0.758 bits per heavy atom. The van der Waals surface area contributed by atoms with Crippen molar-refractivity contribution in [2.45, 2.75) is 5.41 Å². The molecule has 7 rings (SSSR count). The molecule has 0 saturated carbocycles. The number of halogens is 1. The van der Waals surface area contributed by atoms with Crippen LogP contribution in [0.4, 0.5) is 21.5 Å². The van der Waals surface area contributed by atoms with Crippen molar-refractivity contribution in [2.24, 2.45) is 0 Å². The second-order valence-corrected chi connectivity index (χ2v) is 8.36. The lowest BCUT2D eigenvalue weighted by atomic mass is 9.66. The predicted octanol–water partition coefficient (Wildman–Crippen LogP) is 5.43. The molecule has 0 fully saturated rings. The monoisotopic (exact) mass is 434 g/mol. The summed E-state index contributed by atoms with van der Waals surface area (Å²) in [5, 5.41) is 8.63. The summed E-state index contributed by atoms with van der Waals surface area (Å²) in [4.78, 5) is 27.5. The summed E-state index contributed by atoms with van der Waals surface area (Å²) in [6.45, 7) is 0. The van der Waals surface area contributed by atoms with Crippen LogP contribution in [0.2, 0.25) is 0 Å². The molecule has 1 aromatic heterocycles. The van der Waals surface area contributed by atoms with E-state index < -0.39 is 16.9 Å². The summed E-state index contributed by atoms with van der Waals surface area (Å²) in [7, 11) is 0. The minimum atomic E-state index is -1.50. The molecule has 1 amide bonds. The smallest absolute Gasteiger partial charge is 0.343 e. The van der Waals surface area contributed by atoms with Crippen LogP contribution < -0.4 is 16.3 Å². The van der Waals surface area contributed by atoms with E-state index in [1.54, 1.807) is 18.2 Å². The molecule has 0 saturated heterocycles. The maximum Gasteiger partial charge on any atom is 0.343 e. The lowest BCUT2D eigenvalue weighted by molar-refractivity contribution is -0.118. The zero-order valence-electron chi connectivity index (χ0n) is 17.1. The first-order chi connectivity index (χ1) is 16.1. The average molecular weight is 434 g/mol. The van der Waals surface area contributed by atoms with Gasteiger partial charge in [0.2, 0.25) is 5.91 Å². The first-order valence-corrected chi connectivity index (χ1v) is 10.6. The minimum Gasteiger partial charge on any atom is -0.422 e. The molecule has 0 radical (unpaired) electrons. The van der Waals surface area contributed by atoms with Crippen molar-refractivity contribution >= 4 is 44.7 Å². The molecule has 2 aliphatic heterocycles. The number of nitrogens with one attached hydrogen (secondary N) is 2.